The first-order valence-corrected chi connectivity index (χ1v) is 6.50. The molecule has 0 saturated carbocycles. The fourth-order valence-corrected chi connectivity index (χ4v) is 2.33. The van der Waals surface area contributed by atoms with E-state index in [4.69, 9.17) is 5.73 Å². The van der Waals surface area contributed by atoms with Crippen molar-refractivity contribution in [2.24, 2.45) is 5.73 Å². The Morgan fingerprint density at radius 2 is 2.00 bits per heavy atom. The van der Waals surface area contributed by atoms with Gasteiger partial charge in [0.1, 0.15) is 0 Å². The molecular formula is C12H27N3. The largest absolute Gasteiger partial charge is 0.316 e. The lowest BCUT2D eigenvalue weighted by Gasteiger charge is -2.33. The van der Waals surface area contributed by atoms with Crippen LogP contribution in [0.3, 0.4) is 0 Å². The van der Waals surface area contributed by atoms with E-state index in [0.29, 0.717) is 6.17 Å². The monoisotopic (exact) mass is 213 g/mol. The number of hydrogen-bond acceptors (Lipinski definition) is 3. The van der Waals surface area contributed by atoms with Crippen LogP contribution in [0.5, 0.6) is 0 Å². The molecule has 1 aliphatic heterocycles. The lowest BCUT2D eigenvalue weighted by Crippen LogP contribution is -2.46. The van der Waals surface area contributed by atoms with Crippen LogP contribution in [0.2, 0.25) is 0 Å². The van der Waals surface area contributed by atoms with E-state index in [2.05, 4.69) is 23.6 Å². The van der Waals surface area contributed by atoms with E-state index in [0.717, 1.165) is 0 Å². The molecule has 1 fully saturated rings. The molecule has 15 heavy (non-hydrogen) atoms. The van der Waals surface area contributed by atoms with Gasteiger partial charge in [0.15, 0.2) is 0 Å². The molecule has 0 aromatic rings. The van der Waals surface area contributed by atoms with Crippen molar-refractivity contribution in [2.75, 3.05) is 32.7 Å². The number of nitrogens with two attached hydrogens (primary N) is 1. The first kappa shape index (κ1) is 12.9. The summed E-state index contributed by atoms with van der Waals surface area (Å²) in [6.45, 7) is 10.4. The number of piperidine rings is 1. The highest BCUT2D eigenvalue weighted by Gasteiger charge is 2.17. The number of hydrogen-bond donors (Lipinski definition) is 1. The Morgan fingerprint density at radius 1 is 1.27 bits per heavy atom. The highest BCUT2D eigenvalue weighted by atomic mass is 15.2. The Kier molecular flexibility index (Phi) is 6.22. The number of rotatable bonds is 6. The van der Waals surface area contributed by atoms with Gasteiger partial charge in [-0.3, -0.25) is 4.90 Å². The first-order chi connectivity index (χ1) is 7.27. The summed E-state index contributed by atoms with van der Waals surface area (Å²) in [6.07, 6.45) is 5.42. The third-order valence-corrected chi connectivity index (χ3v) is 3.48. The number of likely N-dealkylation sites (tertiary alicyclic amines) is 1. The van der Waals surface area contributed by atoms with Crippen LogP contribution in [0.4, 0.5) is 0 Å². The Bertz CT molecular complexity index is 157. The van der Waals surface area contributed by atoms with E-state index >= 15 is 0 Å². The van der Waals surface area contributed by atoms with Crippen molar-refractivity contribution in [2.45, 2.75) is 45.7 Å². The van der Waals surface area contributed by atoms with E-state index in [9.17, 15) is 0 Å². The van der Waals surface area contributed by atoms with Crippen molar-refractivity contribution in [3.8, 4) is 0 Å². The maximum absolute atomic E-state index is 6.07. The highest BCUT2D eigenvalue weighted by Crippen LogP contribution is 2.13. The Hall–Kier alpha value is -0.120. The molecular weight excluding hydrogens is 186 g/mol. The second-order valence-corrected chi connectivity index (χ2v) is 4.48. The van der Waals surface area contributed by atoms with Crippen molar-refractivity contribution in [3.63, 3.8) is 0 Å². The van der Waals surface area contributed by atoms with Crippen molar-refractivity contribution in [1.29, 1.82) is 0 Å². The van der Waals surface area contributed by atoms with E-state index in [-0.39, 0.29) is 0 Å². The molecule has 1 aliphatic rings. The van der Waals surface area contributed by atoms with Gasteiger partial charge in [0.25, 0.3) is 0 Å². The zero-order valence-electron chi connectivity index (χ0n) is 10.4. The van der Waals surface area contributed by atoms with Crippen molar-refractivity contribution >= 4 is 0 Å². The minimum absolute atomic E-state index is 0.329. The van der Waals surface area contributed by atoms with Gasteiger partial charge < -0.3 is 10.6 Å². The van der Waals surface area contributed by atoms with Crippen LogP contribution in [-0.2, 0) is 0 Å². The molecule has 1 saturated heterocycles. The Morgan fingerprint density at radius 3 is 2.60 bits per heavy atom. The van der Waals surface area contributed by atoms with Crippen LogP contribution >= 0.6 is 0 Å². The van der Waals surface area contributed by atoms with Gasteiger partial charge in [-0.2, -0.15) is 0 Å². The fourth-order valence-electron chi connectivity index (χ4n) is 2.33. The molecule has 0 spiro atoms. The Balaban J connectivity index is 2.12. The maximum Gasteiger partial charge on any atom is 0.0571 e. The average molecular weight is 213 g/mol. The van der Waals surface area contributed by atoms with Gasteiger partial charge in [-0.1, -0.05) is 13.8 Å². The van der Waals surface area contributed by atoms with Crippen LogP contribution in [0.25, 0.3) is 0 Å². The molecule has 0 radical (unpaired) electrons. The molecule has 0 aromatic carbocycles. The quantitative estimate of drug-likeness (QED) is 0.725. The van der Waals surface area contributed by atoms with Crippen molar-refractivity contribution < 1.29 is 0 Å². The average Bonchev–Trinajstić information content (AvgIpc) is 2.27. The molecule has 3 nitrogen and oxygen atoms in total. The third-order valence-electron chi connectivity index (χ3n) is 3.48. The minimum Gasteiger partial charge on any atom is -0.316 e. The molecule has 0 aromatic heterocycles. The predicted octanol–water partition coefficient (Wildman–Crippen LogP) is 1.49. The van der Waals surface area contributed by atoms with Gasteiger partial charge in [-0.05, 0) is 51.9 Å². The summed E-state index contributed by atoms with van der Waals surface area (Å²) in [6, 6.07) is 0. The van der Waals surface area contributed by atoms with Crippen LogP contribution in [0.1, 0.15) is 39.5 Å². The predicted molar refractivity (Wildman–Crippen MR) is 65.8 cm³/mol. The lowest BCUT2D eigenvalue weighted by molar-refractivity contribution is 0.143. The molecule has 1 rings (SSSR count). The summed E-state index contributed by atoms with van der Waals surface area (Å²) in [7, 11) is 0. The fraction of sp³-hybridized carbons (Fsp3) is 1.00. The van der Waals surface area contributed by atoms with Gasteiger partial charge >= 0.3 is 0 Å². The van der Waals surface area contributed by atoms with Crippen LogP contribution in [0.15, 0.2) is 0 Å². The molecule has 0 aliphatic carbocycles. The van der Waals surface area contributed by atoms with Crippen LogP contribution in [0, 0.1) is 0 Å². The molecule has 3 heteroatoms. The summed E-state index contributed by atoms with van der Waals surface area (Å²) in [4.78, 5) is 4.93. The molecule has 0 bridgehead atoms. The molecule has 1 heterocycles. The first-order valence-electron chi connectivity index (χ1n) is 6.50. The van der Waals surface area contributed by atoms with Gasteiger partial charge in [0, 0.05) is 6.54 Å². The van der Waals surface area contributed by atoms with Gasteiger partial charge in [0.05, 0.1) is 6.17 Å². The second-order valence-electron chi connectivity index (χ2n) is 4.48. The van der Waals surface area contributed by atoms with Crippen LogP contribution < -0.4 is 5.73 Å². The summed E-state index contributed by atoms with van der Waals surface area (Å²) >= 11 is 0. The molecule has 0 amide bonds. The number of nitrogens with zero attached hydrogens (tertiary/aromatic N) is 2. The second kappa shape index (κ2) is 7.20. The van der Waals surface area contributed by atoms with Gasteiger partial charge in [-0.15, -0.1) is 0 Å². The van der Waals surface area contributed by atoms with E-state index in [1.165, 1.54) is 58.4 Å². The van der Waals surface area contributed by atoms with Crippen LogP contribution in [-0.4, -0.2) is 48.7 Å². The molecule has 90 valence electrons. The topological polar surface area (TPSA) is 32.5 Å². The standard InChI is InChI=1S/C12H27N3/c1-3-14(4-2)9-7-11-15-10-6-5-8-12(15)13/h12H,3-11,13H2,1-2H3. The van der Waals surface area contributed by atoms with E-state index < -0.39 is 0 Å². The SMILES string of the molecule is CCN(CC)CCCN1CCCCC1N. The summed E-state index contributed by atoms with van der Waals surface area (Å²) < 4.78 is 0. The lowest BCUT2D eigenvalue weighted by atomic mass is 10.1. The molecule has 1 unspecified atom stereocenters. The normalized spacial score (nSPS) is 23.6. The minimum atomic E-state index is 0.329. The van der Waals surface area contributed by atoms with E-state index in [1.807, 2.05) is 0 Å². The summed E-state index contributed by atoms with van der Waals surface area (Å²) in [5, 5.41) is 0. The third kappa shape index (κ3) is 4.49. The van der Waals surface area contributed by atoms with E-state index in [1.54, 1.807) is 0 Å². The maximum atomic E-state index is 6.07. The summed E-state index contributed by atoms with van der Waals surface area (Å²) in [5.74, 6) is 0. The van der Waals surface area contributed by atoms with Crippen molar-refractivity contribution in [3.05, 3.63) is 0 Å². The molecule has 1 atom stereocenters. The van der Waals surface area contributed by atoms with Crippen molar-refractivity contribution in [1.82, 2.24) is 9.80 Å². The zero-order valence-corrected chi connectivity index (χ0v) is 10.4. The molecule has 2 N–H and O–H groups in total. The van der Waals surface area contributed by atoms with Gasteiger partial charge in [0.2, 0.25) is 0 Å². The smallest absolute Gasteiger partial charge is 0.0571 e. The zero-order chi connectivity index (χ0) is 11.1. The summed E-state index contributed by atoms with van der Waals surface area (Å²) in [5.41, 5.74) is 6.07. The van der Waals surface area contributed by atoms with Gasteiger partial charge in [-0.25, -0.2) is 0 Å². The Labute approximate surface area is 94.6 Å². The highest BCUT2D eigenvalue weighted by molar-refractivity contribution is 4.72.